The second-order valence-electron chi connectivity index (χ2n) is 4.43. The molecule has 0 aliphatic heterocycles. The van der Waals surface area contributed by atoms with E-state index in [4.69, 9.17) is 0 Å². The molecule has 0 aliphatic rings. The van der Waals surface area contributed by atoms with Gasteiger partial charge in [0.2, 0.25) is 10.0 Å². The van der Waals surface area contributed by atoms with Crippen molar-refractivity contribution in [2.24, 2.45) is 0 Å². The molecule has 1 unspecified atom stereocenters. The summed E-state index contributed by atoms with van der Waals surface area (Å²) in [5.41, 5.74) is 0. The maximum Gasteiger partial charge on any atom is 0.211 e. The van der Waals surface area contributed by atoms with Crippen LogP contribution in [-0.4, -0.2) is 33.8 Å². The van der Waals surface area contributed by atoms with Gasteiger partial charge in [0.1, 0.15) is 0 Å². The summed E-state index contributed by atoms with van der Waals surface area (Å²) >= 11 is 1.66. The van der Waals surface area contributed by atoms with Crippen LogP contribution in [0.4, 0.5) is 0 Å². The van der Waals surface area contributed by atoms with E-state index in [-0.39, 0.29) is 11.8 Å². The lowest BCUT2D eigenvalue weighted by Crippen LogP contribution is -2.35. The van der Waals surface area contributed by atoms with Crippen molar-refractivity contribution in [2.45, 2.75) is 32.2 Å². The third-order valence-corrected chi connectivity index (χ3v) is 5.04. The Balaban J connectivity index is 2.30. The van der Waals surface area contributed by atoms with Gasteiger partial charge in [0, 0.05) is 10.9 Å². The number of nitrogens with one attached hydrogen (secondary N) is 2. The molecule has 2 N–H and O–H groups in total. The van der Waals surface area contributed by atoms with Gasteiger partial charge in [0.25, 0.3) is 0 Å². The molecule has 0 bridgehead atoms. The van der Waals surface area contributed by atoms with Crippen molar-refractivity contribution in [1.29, 1.82) is 0 Å². The zero-order chi connectivity index (χ0) is 13.4. The maximum atomic E-state index is 11.8. The van der Waals surface area contributed by atoms with Crippen LogP contribution in [0.15, 0.2) is 17.5 Å². The first-order valence-corrected chi connectivity index (χ1v) is 8.73. The second-order valence-corrected chi connectivity index (χ2v) is 7.34. The molecule has 0 fully saturated rings. The second kappa shape index (κ2) is 7.89. The van der Waals surface area contributed by atoms with Crippen LogP contribution in [0, 0.1) is 0 Å². The molecule has 4 nitrogen and oxygen atoms in total. The topological polar surface area (TPSA) is 58.2 Å². The first-order chi connectivity index (χ1) is 8.53. The lowest BCUT2D eigenvalue weighted by atomic mass is 10.2. The molecule has 1 atom stereocenters. The SMILES string of the molecule is CNCCCCS(=O)(=O)NC(C)Cc1cccs1. The van der Waals surface area contributed by atoms with Crippen molar-refractivity contribution in [3.8, 4) is 0 Å². The molecular formula is C12H22N2O2S2. The Morgan fingerprint density at radius 2 is 2.17 bits per heavy atom. The molecule has 6 heteroatoms. The van der Waals surface area contributed by atoms with E-state index in [2.05, 4.69) is 10.0 Å². The predicted octanol–water partition coefficient (Wildman–Crippen LogP) is 1.60. The fourth-order valence-electron chi connectivity index (χ4n) is 1.73. The van der Waals surface area contributed by atoms with Crippen molar-refractivity contribution >= 4 is 21.4 Å². The molecule has 104 valence electrons. The Morgan fingerprint density at radius 3 is 2.78 bits per heavy atom. The van der Waals surface area contributed by atoms with Crippen LogP contribution in [0.25, 0.3) is 0 Å². The van der Waals surface area contributed by atoms with Crippen molar-refractivity contribution in [3.63, 3.8) is 0 Å². The van der Waals surface area contributed by atoms with E-state index in [1.807, 2.05) is 31.5 Å². The van der Waals surface area contributed by atoms with E-state index in [1.54, 1.807) is 11.3 Å². The van der Waals surface area contributed by atoms with Crippen LogP contribution < -0.4 is 10.0 Å². The minimum absolute atomic E-state index is 0.0436. The summed E-state index contributed by atoms with van der Waals surface area (Å²) in [7, 11) is -1.27. The van der Waals surface area contributed by atoms with Crippen molar-refractivity contribution in [1.82, 2.24) is 10.0 Å². The molecule has 0 amide bonds. The molecule has 0 saturated heterocycles. The molecule has 0 aliphatic carbocycles. The van der Waals surface area contributed by atoms with Gasteiger partial charge in [-0.05, 0) is 51.2 Å². The number of unbranched alkanes of at least 4 members (excludes halogenated alkanes) is 1. The lowest BCUT2D eigenvalue weighted by Gasteiger charge is -2.13. The fourth-order valence-corrected chi connectivity index (χ4v) is 3.97. The molecule has 1 rings (SSSR count). The normalized spacial score (nSPS) is 13.7. The molecule has 0 radical (unpaired) electrons. The van der Waals surface area contributed by atoms with Crippen LogP contribution in [0.2, 0.25) is 0 Å². The van der Waals surface area contributed by atoms with E-state index in [9.17, 15) is 8.42 Å². The van der Waals surface area contributed by atoms with E-state index < -0.39 is 10.0 Å². The van der Waals surface area contributed by atoms with Gasteiger partial charge in [-0.1, -0.05) is 6.07 Å². The largest absolute Gasteiger partial charge is 0.320 e. The summed E-state index contributed by atoms with van der Waals surface area (Å²) in [5, 5.41) is 5.02. The van der Waals surface area contributed by atoms with Crippen LogP contribution in [-0.2, 0) is 16.4 Å². The quantitative estimate of drug-likeness (QED) is 0.679. The summed E-state index contributed by atoms with van der Waals surface area (Å²) in [6.45, 7) is 2.77. The minimum atomic E-state index is -3.14. The van der Waals surface area contributed by atoms with Gasteiger partial charge in [-0.15, -0.1) is 11.3 Å². The van der Waals surface area contributed by atoms with Crippen molar-refractivity contribution < 1.29 is 8.42 Å². The Labute approximate surface area is 114 Å². The molecular weight excluding hydrogens is 268 g/mol. The molecule has 0 spiro atoms. The van der Waals surface area contributed by atoms with Gasteiger partial charge in [-0.3, -0.25) is 0 Å². The maximum absolute atomic E-state index is 11.8. The Morgan fingerprint density at radius 1 is 1.39 bits per heavy atom. The van der Waals surface area contributed by atoms with E-state index in [0.717, 1.165) is 19.4 Å². The zero-order valence-corrected chi connectivity index (χ0v) is 12.6. The average molecular weight is 290 g/mol. The predicted molar refractivity (Wildman–Crippen MR) is 77.6 cm³/mol. The highest BCUT2D eigenvalue weighted by Crippen LogP contribution is 2.11. The highest BCUT2D eigenvalue weighted by Gasteiger charge is 2.14. The third-order valence-electron chi connectivity index (χ3n) is 2.56. The Kier molecular flexibility index (Phi) is 6.85. The van der Waals surface area contributed by atoms with Gasteiger partial charge in [0.05, 0.1) is 5.75 Å². The number of sulfonamides is 1. The molecule has 0 saturated carbocycles. The Hall–Kier alpha value is -0.430. The molecule has 0 aromatic carbocycles. The summed E-state index contributed by atoms with van der Waals surface area (Å²) < 4.78 is 26.3. The lowest BCUT2D eigenvalue weighted by molar-refractivity contribution is 0.556. The van der Waals surface area contributed by atoms with Gasteiger partial charge < -0.3 is 5.32 Å². The molecule has 1 aromatic rings. The van der Waals surface area contributed by atoms with E-state index in [1.165, 1.54) is 4.88 Å². The standard InChI is InChI=1S/C12H22N2O2S2/c1-11(10-12-6-5-8-17-12)14-18(15,16)9-4-3-7-13-2/h5-6,8,11,13-14H,3-4,7,9-10H2,1-2H3. The summed E-state index contributed by atoms with van der Waals surface area (Å²) in [6.07, 6.45) is 2.34. The summed E-state index contributed by atoms with van der Waals surface area (Å²) in [4.78, 5) is 1.21. The summed E-state index contributed by atoms with van der Waals surface area (Å²) in [6, 6.07) is 3.97. The molecule has 18 heavy (non-hydrogen) atoms. The average Bonchev–Trinajstić information content (AvgIpc) is 2.76. The van der Waals surface area contributed by atoms with Gasteiger partial charge in [-0.2, -0.15) is 0 Å². The van der Waals surface area contributed by atoms with Crippen LogP contribution in [0.1, 0.15) is 24.6 Å². The molecule has 1 aromatic heterocycles. The molecule has 1 heterocycles. The van der Waals surface area contributed by atoms with Gasteiger partial charge in [0.15, 0.2) is 0 Å². The van der Waals surface area contributed by atoms with Crippen molar-refractivity contribution in [3.05, 3.63) is 22.4 Å². The highest BCUT2D eigenvalue weighted by molar-refractivity contribution is 7.89. The van der Waals surface area contributed by atoms with Crippen LogP contribution in [0.5, 0.6) is 0 Å². The summed E-state index contributed by atoms with van der Waals surface area (Å²) in [5.74, 6) is 0.212. The monoisotopic (exact) mass is 290 g/mol. The fraction of sp³-hybridized carbons (Fsp3) is 0.667. The minimum Gasteiger partial charge on any atom is -0.320 e. The zero-order valence-electron chi connectivity index (χ0n) is 11.0. The number of rotatable bonds is 9. The van der Waals surface area contributed by atoms with Crippen molar-refractivity contribution in [2.75, 3.05) is 19.3 Å². The highest BCUT2D eigenvalue weighted by atomic mass is 32.2. The smallest absolute Gasteiger partial charge is 0.211 e. The number of hydrogen-bond donors (Lipinski definition) is 2. The first-order valence-electron chi connectivity index (χ1n) is 6.20. The number of hydrogen-bond acceptors (Lipinski definition) is 4. The van der Waals surface area contributed by atoms with E-state index >= 15 is 0 Å². The van der Waals surface area contributed by atoms with Crippen LogP contribution in [0.3, 0.4) is 0 Å². The first kappa shape index (κ1) is 15.6. The van der Waals surface area contributed by atoms with Crippen LogP contribution >= 0.6 is 11.3 Å². The van der Waals surface area contributed by atoms with Gasteiger partial charge in [-0.25, -0.2) is 13.1 Å². The van der Waals surface area contributed by atoms with Gasteiger partial charge >= 0.3 is 0 Å². The number of thiophene rings is 1. The third kappa shape index (κ3) is 6.49. The Bertz CT molecular complexity index is 415. The van der Waals surface area contributed by atoms with E-state index in [0.29, 0.717) is 6.42 Å².